The van der Waals surface area contributed by atoms with Crippen LogP contribution in [-0.4, -0.2) is 105 Å². The van der Waals surface area contributed by atoms with E-state index in [2.05, 4.69) is 0 Å². The van der Waals surface area contributed by atoms with Crippen molar-refractivity contribution < 1.29 is 22.7 Å². The summed E-state index contributed by atoms with van der Waals surface area (Å²) in [4.78, 5) is 29.8. The van der Waals surface area contributed by atoms with Gasteiger partial charge in [0.25, 0.3) is 0 Å². The third-order valence-corrected chi connectivity index (χ3v) is 6.01. The van der Waals surface area contributed by atoms with Gasteiger partial charge in [-0.15, -0.1) is 0 Å². The van der Waals surface area contributed by atoms with Gasteiger partial charge in [0, 0.05) is 13.1 Å². The number of likely N-dealkylation sites (N-methyl/N-ethyl adjacent to an activating group) is 1. The van der Waals surface area contributed by atoms with Crippen molar-refractivity contribution in [2.75, 3.05) is 51.8 Å². The summed E-state index contributed by atoms with van der Waals surface area (Å²) in [5.74, 6) is -0.476. The SMILES string of the molecule is CC(C)OCC(=O)N1CCN(C(=O)CN(C)C)[C@@H]2CS(=O)(=O)C[C@@H]21. The molecule has 0 bridgehead atoms. The van der Waals surface area contributed by atoms with Crippen LogP contribution in [0.2, 0.25) is 0 Å². The number of fused-ring (bicyclic) bond motifs is 1. The molecule has 0 aromatic carbocycles. The zero-order chi connectivity index (χ0) is 18.1. The number of hydrogen-bond acceptors (Lipinski definition) is 6. The molecule has 2 saturated heterocycles. The fourth-order valence-corrected chi connectivity index (χ4v) is 5.24. The highest BCUT2D eigenvalue weighted by molar-refractivity contribution is 7.91. The Morgan fingerprint density at radius 2 is 1.58 bits per heavy atom. The van der Waals surface area contributed by atoms with Gasteiger partial charge in [0.1, 0.15) is 6.61 Å². The van der Waals surface area contributed by atoms with Crippen molar-refractivity contribution in [1.29, 1.82) is 0 Å². The van der Waals surface area contributed by atoms with E-state index in [-0.39, 0.29) is 42.6 Å². The highest BCUT2D eigenvalue weighted by atomic mass is 32.2. The van der Waals surface area contributed by atoms with E-state index in [9.17, 15) is 18.0 Å². The lowest BCUT2D eigenvalue weighted by Gasteiger charge is -2.44. The number of piperazine rings is 1. The van der Waals surface area contributed by atoms with Gasteiger partial charge in [-0.3, -0.25) is 9.59 Å². The van der Waals surface area contributed by atoms with E-state index in [1.165, 1.54) is 0 Å². The monoisotopic (exact) mass is 361 g/mol. The summed E-state index contributed by atoms with van der Waals surface area (Å²) in [6.07, 6.45) is -0.0694. The molecule has 0 spiro atoms. The maximum absolute atomic E-state index is 12.4. The van der Waals surface area contributed by atoms with E-state index in [1.54, 1.807) is 28.8 Å². The Morgan fingerprint density at radius 3 is 2.04 bits per heavy atom. The summed E-state index contributed by atoms with van der Waals surface area (Å²) in [6.45, 7) is 4.55. The fraction of sp³-hybridized carbons (Fsp3) is 0.867. The first-order valence-corrected chi connectivity index (χ1v) is 9.98. The quantitative estimate of drug-likeness (QED) is 0.612. The number of sulfone groups is 1. The molecule has 0 aliphatic carbocycles. The van der Waals surface area contributed by atoms with Crippen molar-refractivity contribution in [3.63, 3.8) is 0 Å². The summed E-state index contributed by atoms with van der Waals surface area (Å²) in [5, 5.41) is 0. The highest BCUT2D eigenvalue weighted by Crippen LogP contribution is 2.27. The van der Waals surface area contributed by atoms with Crippen molar-refractivity contribution in [2.24, 2.45) is 0 Å². The van der Waals surface area contributed by atoms with Gasteiger partial charge in [-0.2, -0.15) is 0 Å². The molecule has 2 fully saturated rings. The Morgan fingerprint density at radius 1 is 1.08 bits per heavy atom. The average Bonchev–Trinajstić information content (AvgIpc) is 2.77. The number of hydrogen-bond donors (Lipinski definition) is 0. The van der Waals surface area contributed by atoms with Gasteiger partial charge in [0.15, 0.2) is 9.84 Å². The van der Waals surface area contributed by atoms with Crippen LogP contribution in [0.3, 0.4) is 0 Å². The number of rotatable bonds is 5. The number of carbonyl (C=O) groups is 2. The number of ether oxygens (including phenoxy) is 1. The molecule has 0 unspecified atom stereocenters. The molecule has 0 aromatic rings. The lowest BCUT2D eigenvalue weighted by atomic mass is 10.0. The van der Waals surface area contributed by atoms with E-state index in [4.69, 9.17) is 4.74 Å². The van der Waals surface area contributed by atoms with Crippen LogP contribution in [0.15, 0.2) is 0 Å². The molecule has 2 heterocycles. The van der Waals surface area contributed by atoms with E-state index in [0.717, 1.165) is 0 Å². The normalized spacial score (nSPS) is 26.1. The third kappa shape index (κ3) is 4.46. The van der Waals surface area contributed by atoms with E-state index in [1.807, 2.05) is 13.8 Å². The van der Waals surface area contributed by atoms with Crippen molar-refractivity contribution in [1.82, 2.24) is 14.7 Å². The average molecular weight is 361 g/mol. The van der Waals surface area contributed by atoms with Crippen LogP contribution in [-0.2, 0) is 24.2 Å². The maximum atomic E-state index is 12.4. The van der Waals surface area contributed by atoms with Crippen LogP contribution in [0.1, 0.15) is 13.8 Å². The molecule has 9 heteroatoms. The number of nitrogens with zero attached hydrogens (tertiary/aromatic N) is 3. The Hall–Kier alpha value is -1.19. The smallest absolute Gasteiger partial charge is 0.248 e. The minimum absolute atomic E-state index is 0.0629. The molecule has 2 amide bonds. The summed E-state index contributed by atoms with van der Waals surface area (Å²) in [6, 6.07) is -0.933. The Bertz CT molecular complexity index is 590. The summed E-state index contributed by atoms with van der Waals surface area (Å²) in [7, 11) is 0.327. The van der Waals surface area contributed by atoms with Crippen LogP contribution >= 0.6 is 0 Å². The summed E-state index contributed by atoms with van der Waals surface area (Å²) in [5.41, 5.74) is 0. The molecule has 2 aliphatic heterocycles. The largest absolute Gasteiger partial charge is 0.369 e. The Kier molecular flexibility index (Phi) is 5.87. The Balaban J connectivity index is 2.14. The molecule has 0 saturated carbocycles. The minimum Gasteiger partial charge on any atom is -0.369 e. The minimum atomic E-state index is -3.26. The molecule has 2 rings (SSSR count). The lowest BCUT2D eigenvalue weighted by Crippen LogP contribution is -2.63. The second-order valence-electron chi connectivity index (χ2n) is 6.98. The molecule has 0 N–H and O–H groups in total. The standard InChI is InChI=1S/C15H27N3O5S/c1-11(2)23-8-15(20)18-6-5-17(14(19)7-16(3)4)12-9-24(21,22)10-13(12)18/h11-13H,5-10H2,1-4H3/t12-,13+/m1/s1. The van der Waals surface area contributed by atoms with Gasteiger partial charge in [0.2, 0.25) is 11.8 Å². The van der Waals surface area contributed by atoms with Crippen molar-refractivity contribution in [3.05, 3.63) is 0 Å². The second kappa shape index (κ2) is 7.37. The molecule has 0 radical (unpaired) electrons. The molecule has 0 aromatic heterocycles. The molecule has 2 atom stereocenters. The molecule has 138 valence electrons. The topological polar surface area (TPSA) is 87.2 Å². The Labute approximate surface area is 143 Å². The van der Waals surface area contributed by atoms with Crippen LogP contribution in [0.5, 0.6) is 0 Å². The van der Waals surface area contributed by atoms with E-state index in [0.29, 0.717) is 13.1 Å². The predicted octanol–water partition coefficient (Wildman–Crippen LogP) is -1.19. The van der Waals surface area contributed by atoms with Crippen LogP contribution < -0.4 is 0 Å². The van der Waals surface area contributed by atoms with E-state index >= 15 is 0 Å². The molecule has 24 heavy (non-hydrogen) atoms. The first kappa shape index (κ1) is 19.1. The van der Waals surface area contributed by atoms with Gasteiger partial charge < -0.3 is 19.4 Å². The van der Waals surface area contributed by atoms with Crippen LogP contribution in [0, 0.1) is 0 Å². The second-order valence-corrected chi connectivity index (χ2v) is 9.14. The third-order valence-electron chi connectivity index (χ3n) is 4.31. The molecular formula is C15H27N3O5S. The van der Waals surface area contributed by atoms with Gasteiger partial charge >= 0.3 is 0 Å². The van der Waals surface area contributed by atoms with Crippen LogP contribution in [0.4, 0.5) is 0 Å². The highest BCUT2D eigenvalue weighted by Gasteiger charge is 2.49. The predicted molar refractivity (Wildman–Crippen MR) is 89.3 cm³/mol. The molecule has 2 aliphatic rings. The van der Waals surface area contributed by atoms with E-state index < -0.39 is 21.9 Å². The van der Waals surface area contributed by atoms with Gasteiger partial charge in [-0.1, -0.05) is 0 Å². The summed E-state index contributed by atoms with van der Waals surface area (Å²) < 4.78 is 29.6. The zero-order valence-electron chi connectivity index (χ0n) is 14.8. The van der Waals surface area contributed by atoms with Crippen LogP contribution in [0.25, 0.3) is 0 Å². The van der Waals surface area contributed by atoms with Crippen molar-refractivity contribution in [3.8, 4) is 0 Å². The first-order valence-electron chi connectivity index (χ1n) is 8.16. The zero-order valence-corrected chi connectivity index (χ0v) is 15.6. The van der Waals surface area contributed by atoms with Crippen molar-refractivity contribution >= 4 is 21.7 Å². The maximum Gasteiger partial charge on any atom is 0.248 e. The fourth-order valence-electron chi connectivity index (χ4n) is 3.25. The van der Waals surface area contributed by atoms with Gasteiger partial charge in [-0.25, -0.2) is 8.42 Å². The van der Waals surface area contributed by atoms with Gasteiger partial charge in [-0.05, 0) is 27.9 Å². The van der Waals surface area contributed by atoms with Gasteiger partial charge in [0.05, 0.1) is 36.2 Å². The number of carbonyl (C=O) groups excluding carboxylic acids is 2. The lowest BCUT2D eigenvalue weighted by molar-refractivity contribution is -0.149. The molecular weight excluding hydrogens is 334 g/mol. The number of amides is 2. The van der Waals surface area contributed by atoms with Crippen molar-refractivity contribution in [2.45, 2.75) is 32.0 Å². The molecule has 8 nitrogen and oxygen atoms in total. The summed E-state index contributed by atoms with van der Waals surface area (Å²) >= 11 is 0. The first-order chi connectivity index (χ1) is 11.1.